The summed E-state index contributed by atoms with van der Waals surface area (Å²) in [5.41, 5.74) is 0. The highest BCUT2D eigenvalue weighted by atomic mass is 16.3. The number of hydrogen-bond donors (Lipinski definition) is 1. The third kappa shape index (κ3) is 14.6. The van der Waals surface area contributed by atoms with E-state index in [0.717, 1.165) is 12.8 Å². The fraction of sp³-hybridized carbons (Fsp3) is 0.810. The van der Waals surface area contributed by atoms with Gasteiger partial charge in [-0.15, -0.1) is 0 Å². The van der Waals surface area contributed by atoms with E-state index >= 15 is 0 Å². The lowest BCUT2D eigenvalue weighted by Gasteiger charge is -2.02. The molecule has 0 aromatic carbocycles. The highest BCUT2D eigenvalue weighted by Crippen LogP contribution is 2.13. The molecule has 24 heavy (non-hydrogen) atoms. The molecule has 3 heteroatoms. The molecule has 0 aromatic rings. The normalized spacial score (nSPS) is 12.6. The van der Waals surface area contributed by atoms with Gasteiger partial charge in [-0.2, -0.15) is 0 Å². The molecule has 0 bridgehead atoms. The molecule has 0 aliphatic heterocycles. The lowest BCUT2D eigenvalue weighted by atomic mass is 10.0. The molecular formula is C21H38O3. The molecule has 0 spiro atoms. The second kappa shape index (κ2) is 16.9. The number of Topliss-reactive ketones (excluding diaryl/α,β-unsaturated/α-hetero) is 1. The Morgan fingerprint density at radius 2 is 1.21 bits per heavy atom. The number of aliphatic hydroxyl groups is 1. The first-order valence-electron chi connectivity index (χ1n) is 10.0. The van der Waals surface area contributed by atoms with Gasteiger partial charge in [0.2, 0.25) is 11.6 Å². The number of hydrogen-bond acceptors (Lipinski definition) is 3. The zero-order valence-electron chi connectivity index (χ0n) is 15.9. The summed E-state index contributed by atoms with van der Waals surface area (Å²) in [6.07, 6.45) is 19.9. The molecular weight excluding hydrogens is 300 g/mol. The molecule has 0 saturated carbocycles. The molecule has 0 radical (unpaired) electrons. The SMILES string of the molecule is CCCCCCCCCCCCCCCC=CC(=O)C(=O)C(C)O. The minimum atomic E-state index is -1.20. The van der Waals surface area contributed by atoms with Crippen LogP contribution >= 0.6 is 0 Å². The quantitative estimate of drug-likeness (QED) is 0.215. The molecule has 0 aromatic heterocycles. The molecule has 0 rings (SSSR count). The molecule has 0 aliphatic carbocycles. The predicted octanol–water partition coefficient (Wildman–Crippen LogP) is 5.54. The number of allylic oxidation sites excluding steroid dienone is 2. The van der Waals surface area contributed by atoms with Crippen molar-refractivity contribution in [1.29, 1.82) is 0 Å². The van der Waals surface area contributed by atoms with E-state index in [0.29, 0.717) is 0 Å². The average Bonchev–Trinajstić information content (AvgIpc) is 2.57. The van der Waals surface area contributed by atoms with Crippen LogP contribution in [0, 0.1) is 0 Å². The van der Waals surface area contributed by atoms with E-state index in [1.807, 2.05) is 0 Å². The lowest BCUT2D eigenvalue weighted by molar-refractivity contribution is -0.138. The highest BCUT2D eigenvalue weighted by Gasteiger charge is 2.15. The van der Waals surface area contributed by atoms with Crippen molar-refractivity contribution in [3.63, 3.8) is 0 Å². The standard InChI is InChI=1S/C21H38O3/c1-3-4-5-6-7-8-9-10-11-12-13-14-15-16-17-18-20(23)21(24)19(2)22/h17-19,22H,3-16H2,1-2H3. The second-order valence-corrected chi connectivity index (χ2v) is 6.84. The van der Waals surface area contributed by atoms with Gasteiger partial charge in [0.15, 0.2) is 0 Å². The van der Waals surface area contributed by atoms with E-state index in [4.69, 9.17) is 5.11 Å². The van der Waals surface area contributed by atoms with E-state index in [1.165, 1.54) is 90.0 Å². The van der Waals surface area contributed by atoms with E-state index < -0.39 is 17.7 Å². The van der Waals surface area contributed by atoms with Crippen molar-refractivity contribution in [2.75, 3.05) is 0 Å². The van der Waals surface area contributed by atoms with Gasteiger partial charge in [0, 0.05) is 0 Å². The van der Waals surface area contributed by atoms with Crippen molar-refractivity contribution in [3.8, 4) is 0 Å². The maximum Gasteiger partial charge on any atom is 0.230 e. The number of rotatable bonds is 17. The molecule has 0 fully saturated rings. The van der Waals surface area contributed by atoms with Crippen LogP contribution in [0.2, 0.25) is 0 Å². The van der Waals surface area contributed by atoms with Crippen LogP contribution in [0.3, 0.4) is 0 Å². The first kappa shape index (κ1) is 23.0. The van der Waals surface area contributed by atoms with E-state index in [1.54, 1.807) is 6.08 Å². The lowest BCUT2D eigenvalue weighted by Crippen LogP contribution is -2.23. The van der Waals surface area contributed by atoms with E-state index in [2.05, 4.69) is 6.92 Å². The number of unbranched alkanes of at least 4 members (excludes halogenated alkanes) is 13. The van der Waals surface area contributed by atoms with Gasteiger partial charge < -0.3 is 5.11 Å². The van der Waals surface area contributed by atoms with Gasteiger partial charge in [-0.05, 0) is 25.8 Å². The van der Waals surface area contributed by atoms with Gasteiger partial charge in [0.25, 0.3) is 0 Å². The summed E-state index contributed by atoms with van der Waals surface area (Å²) in [6, 6.07) is 0. The fourth-order valence-electron chi connectivity index (χ4n) is 2.76. The predicted molar refractivity (Wildman–Crippen MR) is 101 cm³/mol. The van der Waals surface area contributed by atoms with Gasteiger partial charge in [0.1, 0.15) is 6.10 Å². The third-order valence-electron chi connectivity index (χ3n) is 4.37. The summed E-state index contributed by atoms with van der Waals surface area (Å²) >= 11 is 0. The summed E-state index contributed by atoms with van der Waals surface area (Å²) in [7, 11) is 0. The molecule has 0 saturated heterocycles. The molecule has 0 aliphatic rings. The maximum atomic E-state index is 11.3. The van der Waals surface area contributed by atoms with Gasteiger partial charge in [-0.1, -0.05) is 90.0 Å². The number of aliphatic hydroxyl groups excluding tert-OH is 1. The Bertz CT molecular complexity index is 345. The average molecular weight is 339 g/mol. The second-order valence-electron chi connectivity index (χ2n) is 6.84. The fourth-order valence-corrected chi connectivity index (χ4v) is 2.76. The molecule has 1 unspecified atom stereocenters. The van der Waals surface area contributed by atoms with Crippen LogP contribution in [0.25, 0.3) is 0 Å². The third-order valence-corrected chi connectivity index (χ3v) is 4.37. The number of carbonyl (C=O) groups is 2. The summed E-state index contributed by atoms with van der Waals surface area (Å²) in [4.78, 5) is 22.5. The minimum absolute atomic E-state index is 0.598. The first-order valence-corrected chi connectivity index (χ1v) is 10.0. The van der Waals surface area contributed by atoms with Gasteiger partial charge in [-0.25, -0.2) is 0 Å². The van der Waals surface area contributed by atoms with Crippen molar-refractivity contribution in [2.45, 2.75) is 110 Å². The Morgan fingerprint density at radius 1 is 0.792 bits per heavy atom. The van der Waals surface area contributed by atoms with E-state index in [9.17, 15) is 9.59 Å². The van der Waals surface area contributed by atoms with Crippen molar-refractivity contribution in [1.82, 2.24) is 0 Å². The van der Waals surface area contributed by atoms with Crippen LogP contribution in [0.15, 0.2) is 12.2 Å². The van der Waals surface area contributed by atoms with Gasteiger partial charge in [0.05, 0.1) is 0 Å². The van der Waals surface area contributed by atoms with Crippen molar-refractivity contribution >= 4 is 11.6 Å². The van der Waals surface area contributed by atoms with Gasteiger partial charge >= 0.3 is 0 Å². The Balaban J connectivity index is 3.28. The van der Waals surface area contributed by atoms with Crippen LogP contribution in [0.1, 0.15) is 104 Å². The van der Waals surface area contributed by atoms with Crippen LogP contribution < -0.4 is 0 Å². The minimum Gasteiger partial charge on any atom is -0.385 e. The summed E-state index contributed by atoms with van der Waals surface area (Å²) < 4.78 is 0. The molecule has 3 nitrogen and oxygen atoms in total. The van der Waals surface area contributed by atoms with Crippen molar-refractivity contribution in [2.24, 2.45) is 0 Å². The number of ketones is 2. The zero-order chi connectivity index (χ0) is 18.0. The van der Waals surface area contributed by atoms with Gasteiger partial charge in [-0.3, -0.25) is 9.59 Å². The summed E-state index contributed by atoms with van der Waals surface area (Å²) in [5.74, 6) is -1.32. The summed E-state index contributed by atoms with van der Waals surface area (Å²) in [5, 5.41) is 9.01. The van der Waals surface area contributed by atoms with Crippen molar-refractivity contribution < 1.29 is 14.7 Å². The molecule has 0 heterocycles. The van der Waals surface area contributed by atoms with Crippen LogP contribution in [-0.2, 0) is 9.59 Å². The van der Waals surface area contributed by atoms with Crippen LogP contribution in [0.4, 0.5) is 0 Å². The molecule has 0 amide bonds. The smallest absolute Gasteiger partial charge is 0.230 e. The zero-order valence-corrected chi connectivity index (χ0v) is 15.9. The molecule has 1 atom stereocenters. The van der Waals surface area contributed by atoms with Crippen molar-refractivity contribution in [3.05, 3.63) is 12.2 Å². The Labute approximate surface area is 148 Å². The van der Waals surface area contributed by atoms with E-state index in [-0.39, 0.29) is 0 Å². The number of carbonyl (C=O) groups excluding carboxylic acids is 2. The monoisotopic (exact) mass is 338 g/mol. The first-order chi connectivity index (χ1) is 11.6. The van der Waals surface area contributed by atoms with Crippen LogP contribution in [0.5, 0.6) is 0 Å². The largest absolute Gasteiger partial charge is 0.385 e. The Kier molecular flexibility index (Phi) is 16.2. The molecule has 1 N–H and O–H groups in total. The maximum absolute atomic E-state index is 11.3. The topological polar surface area (TPSA) is 54.4 Å². The Morgan fingerprint density at radius 3 is 1.62 bits per heavy atom. The molecule has 140 valence electrons. The summed E-state index contributed by atoms with van der Waals surface area (Å²) in [6.45, 7) is 3.58. The van der Waals surface area contributed by atoms with Crippen LogP contribution in [-0.4, -0.2) is 22.8 Å². The Hall–Kier alpha value is -0.960. The highest BCUT2D eigenvalue weighted by molar-refractivity contribution is 6.42.